The number of aromatic carboxylic acids is 1. The first-order valence-electron chi connectivity index (χ1n) is 13.0. The van der Waals surface area contributed by atoms with Crippen LogP contribution < -0.4 is 11.1 Å². The number of rotatable bonds is 13. The number of hydrogen-bond donors (Lipinski definition) is 4. The van der Waals surface area contributed by atoms with Crippen LogP contribution in [-0.4, -0.2) is 113 Å². The molecule has 0 aliphatic carbocycles. The Labute approximate surface area is 267 Å². The van der Waals surface area contributed by atoms with E-state index in [0.717, 1.165) is 29.6 Å². The molecule has 0 bridgehead atoms. The first kappa shape index (κ1) is 31.8. The maximum Gasteiger partial charge on any atom is 0.352 e. The number of carbonyl (C=O) groups excluding carboxylic acids is 2. The Kier molecular flexibility index (Phi) is 9.78. The van der Waals surface area contributed by atoms with Gasteiger partial charge < -0.3 is 26.2 Å². The quantitative estimate of drug-likeness (QED) is 0.149. The van der Waals surface area contributed by atoms with Crippen LogP contribution in [0.1, 0.15) is 21.3 Å². The first-order valence-corrected chi connectivity index (χ1v) is 16.8. The fourth-order valence-electron chi connectivity index (χ4n) is 4.45. The van der Waals surface area contributed by atoms with Crippen molar-refractivity contribution in [1.29, 1.82) is 0 Å². The Morgan fingerprint density at radius 2 is 2.00 bits per heavy atom. The number of nitrogens with one attached hydrogen (secondary N) is 1. The molecule has 5 N–H and O–H groups in total. The third-order valence-electron chi connectivity index (χ3n) is 6.59. The van der Waals surface area contributed by atoms with Crippen LogP contribution in [-0.2, 0) is 20.9 Å². The van der Waals surface area contributed by atoms with Crippen molar-refractivity contribution in [1.82, 2.24) is 40.3 Å². The van der Waals surface area contributed by atoms with Crippen LogP contribution in [0.3, 0.4) is 0 Å². The van der Waals surface area contributed by atoms with Gasteiger partial charge >= 0.3 is 11.9 Å². The van der Waals surface area contributed by atoms with Crippen LogP contribution in [0.2, 0.25) is 0 Å². The largest absolute Gasteiger partial charge is 0.478 e. The number of aromatic nitrogens is 5. The van der Waals surface area contributed by atoms with Gasteiger partial charge in [-0.1, -0.05) is 23.9 Å². The number of thioether (sulfide) groups is 3. The number of carboxylic acid groups (broad SMARTS) is 2. The van der Waals surface area contributed by atoms with Crippen LogP contribution in [0.4, 0.5) is 5.13 Å². The Hall–Kier alpha value is -3.65. The van der Waals surface area contributed by atoms with Gasteiger partial charge in [0, 0.05) is 28.3 Å². The molecule has 4 heterocycles. The molecule has 2 unspecified atom stereocenters. The lowest BCUT2D eigenvalue weighted by Gasteiger charge is -2.49. The summed E-state index contributed by atoms with van der Waals surface area (Å²) < 4.78 is 1.64. The minimum absolute atomic E-state index is 0.0144. The number of β-lactam (4-membered cyclic amide) rings is 1. The third kappa shape index (κ3) is 6.70. The number of nitrogens with two attached hydrogens (primary N) is 1. The van der Waals surface area contributed by atoms with Gasteiger partial charge in [-0.05, 0) is 42.2 Å². The fraction of sp³-hybridized carbons (Fsp3) is 0.360. The summed E-state index contributed by atoms with van der Waals surface area (Å²) in [7, 11) is 3.87. The fourth-order valence-corrected chi connectivity index (χ4v) is 8.63. The van der Waals surface area contributed by atoms with Crippen molar-refractivity contribution in [3.63, 3.8) is 0 Å². The molecule has 2 aliphatic heterocycles. The van der Waals surface area contributed by atoms with E-state index in [1.165, 1.54) is 34.5 Å². The highest BCUT2D eigenvalue weighted by atomic mass is 32.2. The molecule has 1 aromatic carbocycles. The van der Waals surface area contributed by atoms with E-state index < -0.39 is 40.4 Å². The predicted molar refractivity (Wildman–Crippen MR) is 165 cm³/mol. The Bertz CT molecular complexity index is 1630. The summed E-state index contributed by atoms with van der Waals surface area (Å²) in [5.41, 5.74) is 6.57. The lowest BCUT2D eigenvalue weighted by molar-refractivity contribution is -0.150. The molecule has 1 fully saturated rings. The van der Waals surface area contributed by atoms with Gasteiger partial charge in [0.25, 0.3) is 5.91 Å². The van der Waals surface area contributed by atoms with E-state index in [-0.39, 0.29) is 22.1 Å². The lowest BCUT2D eigenvalue weighted by atomic mass is 10.0. The van der Waals surface area contributed by atoms with Gasteiger partial charge in [0.1, 0.15) is 22.4 Å². The average molecular weight is 678 g/mol. The summed E-state index contributed by atoms with van der Waals surface area (Å²) in [6.07, 6.45) is 0. The lowest BCUT2D eigenvalue weighted by Crippen LogP contribution is -2.70. The van der Waals surface area contributed by atoms with E-state index >= 15 is 0 Å². The van der Waals surface area contributed by atoms with Crippen molar-refractivity contribution in [3.05, 3.63) is 52.2 Å². The number of aliphatic carboxylic acids is 1. The molecule has 0 saturated carbocycles. The summed E-state index contributed by atoms with van der Waals surface area (Å²) in [4.78, 5) is 58.8. The zero-order valence-electron chi connectivity index (χ0n) is 23.3. The molecule has 44 heavy (non-hydrogen) atoms. The molecular weight excluding hydrogens is 651 g/mol. The molecule has 19 heteroatoms. The molecule has 1 saturated heterocycles. The van der Waals surface area contributed by atoms with Crippen molar-refractivity contribution in [2.24, 2.45) is 0 Å². The van der Waals surface area contributed by atoms with Crippen molar-refractivity contribution in [3.8, 4) is 0 Å². The number of hydrogen-bond acceptors (Lipinski definition) is 14. The number of amides is 2. The Morgan fingerprint density at radius 1 is 1.23 bits per heavy atom. The SMILES string of the molecule is CN(C)CCn1nnnc1SCC1=C(C(=O)O)N2C(=O)C(NC(=O)C(Sc3ccccc3C(=O)O)c3csc(N)n3)[C@H]2SC1. The molecule has 2 aliphatic rings. The van der Waals surface area contributed by atoms with Crippen LogP contribution in [0.5, 0.6) is 0 Å². The predicted octanol–water partition coefficient (Wildman–Crippen LogP) is 1.34. The minimum atomic E-state index is -1.24. The molecule has 5 rings (SSSR count). The van der Waals surface area contributed by atoms with Crippen LogP contribution in [0.15, 0.2) is 51.0 Å². The van der Waals surface area contributed by atoms with Crippen molar-refractivity contribution in [2.75, 3.05) is 37.9 Å². The molecule has 15 nitrogen and oxygen atoms in total. The zero-order valence-corrected chi connectivity index (χ0v) is 26.6. The van der Waals surface area contributed by atoms with Crippen molar-refractivity contribution in [2.45, 2.75) is 33.3 Å². The second kappa shape index (κ2) is 13.6. The average Bonchev–Trinajstić information content (AvgIpc) is 3.64. The van der Waals surface area contributed by atoms with Crippen molar-refractivity contribution < 1.29 is 29.4 Å². The summed E-state index contributed by atoms with van der Waals surface area (Å²) in [5.74, 6) is -2.95. The molecule has 2 amide bonds. The molecule has 0 spiro atoms. The standard InChI is InChI=1S/C25H27N9O6S4/c1-32(2)7-8-33-25(29-30-31-33)43-10-12-9-41-21-16(20(36)34(21)17(12)23(39)40)28-19(35)18(14-11-42-24(26)27-14)44-15-6-4-3-5-13(15)22(37)38/h3-6,11,16,18,21H,7-10H2,1-2H3,(H2,26,27)(H,28,35)(H,37,38)(H,39,40)/t16?,18?,21-/m1/s1. The van der Waals surface area contributed by atoms with Gasteiger partial charge in [-0.25, -0.2) is 19.3 Å². The summed E-state index contributed by atoms with van der Waals surface area (Å²) >= 11 is 4.74. The van der Waals surface area contributed by atoms with Gasteiger partial charge in [0.05, 0.1) is 17.8 Å². The summed E-state index contributed by atoms with van der Waals surface area (Å²) in [6, 6.07) is 5.27. The van der Waals surface area contributed by atoms with Gasteiger partial charge in [-0.3, -0.25) is 14.5 Å². The van der Waals surface area contributed by atoms with Crippen molar-refractivity contribution >= 4 is 75.5 Å². The monoisotopic (exact) mass is 677 g/mol. The van der Waals surface area contributed by atoms with E-state index in [1.807, 2.05) is 19.0 Å². The highest BCUT2D eigenvalue weighted by molar-refractivity contribution is 8.01. The first-order chi connectivity index (χ1) is 21.0. The molecule has 3 aromatic rings. The Morgan fingerprint density at radius 3 is 2.68 bits per heavy atom. The number of benzene rings is 1. The number of fused-ring (bicyclic) bond motifs is 1. The number of thiazole rings is 1. The summed E-state index contributed by atoms with van der Waals surface area (Å²) in [5, 5.41) is 34.9. The second-order valence-corrected chi connectivity index (χ2v) is 13.9. The van der Waals surface area contributed by atoms with E-state index in [4.69, 9.17) is 5.73 Å². The van der Waals surface area contributed by atoms with E-state index in [1.54, 1.807) is 28.3 Å². The van der Waals surface area contributed by atoms with E-state index in [0.29, 0.717) is 33.6 Å². The molecule has 232 valence electrons. The number of nitrogen functional groups attached to an aromatic ring is 1. The number of likely N-dealkylation sites (N-methyl/N-ethyl adjacent to an activating group) is 1. The van der Waals surface area contributed by atoms with E-state index in [2.05, 4.69) is 25.8 Å². The zero-order chi connectivity index (χ0) is 31.5. The van der Waals surface area contributed by atoms with Gasteiger partial charge in [0.2, 0.25) is 11.1 Å². The topological polar surface area (TPSA) is 210 Å². The number of nitrogens with zero attached hydrogens (tertiary/aromatic N) is 7. The highest BCUT2D eigenvalue weighted by Crippen LogP contribution is 2.43. The molecular formula is C25H27N9O6S4. The number of carboxylic acids is 2. The number of tetrazole rings is 1. The number of carbonyl (C=O) groups is 4. The number of anilines is 1. The Balaban J connectivity index is 1.31. The van der Waals surface area contributed by atoms with Gasteiger partial charge in [0.15, 0.2) is 5.13 Å². The normalized spacial score (nSPS) is 18.6. The van der Waals surface area contributed by atoms with E-state index in [9.17, 15) is 29.4 Å². The maximum absolute atomic E-state index is 13.6. The second-order valence-electron chi connectivity index (χ2n) is 9.84. The van der Waals surface area contributed by atoms with Crippen LogP contribution in [0, 0.1) is 0 Å². The maximum atomic E-state index is 13.6. The smallest absolute Gasteiger partial charge is 0.352 e. The molecule has 2 aromatic heterocycles. The van der Waals surface area contributed by atoms with Gasteiger partial charge in [-0.15, -0.1) is 40.0 Å². The van der Waals surface area contributed by atoms with Gasteiger partial charge in [-0.2, -0.15) is 0 Å². The minimum Gasteiger partial charge on any atom is -0.478 e. The van der Waals surface area contributed by atoms with Crippen LogP contribution >= 0.6 is 46.6 Å². The highest BCUT2D eigenvalue weighted by Gasteiger charge is 2.54. The van der Waals surface area contributed by atoms with Crippen LogP contribution in [0.25, 0.3) is 0 Å². The molecule has 3 atom stereocenters. The molecule has 0 radical (unpaired) electrons. The third-order valence-corrected chi connectivity index (χ3v) is 11.0. The summed E-state index contributed by atoms with van der Waals surface area (Å²) in [6.45, 7) is 1.28.